The number of hydrogen-bond donors (Lipinski definition) is 0. The largest absolute Gasteiger partial charge is 0.459 e. The highest BCUT2D eigenvalue weighted by Crippen LogP contribution is 2.32. The lowest BCUT2D eigenvalue weighted by Crippen LogP contribution is -2.43. The second-order valence-corrected chi connectivity index (χ2v) is 10.5. The van der Waals surface area contributed by atoms with E-state index in [1.165, 1.54) is 0 Å². The molecular formula is C36H30N2O8. The highest BCUT2D eigenvalue weighted by Gasteiger charge is 2.52. The molecule has 1 aliphatic rings. The zero-order valence-corrected chi connectivity index (χ0v) is 24.8. The second kappa shape index (κ2) is 13.9. The molecule has 10 heteroatoms. The molecule has 1 aliphatic heterocycles. The molecule has 0 aliphatic carbocycles. The molecule has 46 heavy (non-hydrogen) atoms. The van der Waals surface area contributed by atoms with Gasteiger partial charge in [0, 0.05) is 6.07 Å². The van der Waals surface area contributed by atoms with E-state index in [4.69, 9.17) is 23.7 Å². The van der Waals surface area contributed by atoms with E-state index >= 15 is 0 Å². The predicted molar refractivity (Wildman–Crippen MR) is 166 cm³/mol. The summed E-state index contributed by atoms with van der Waals surface area (Å²) in [6.45, 7) is 1.49. The van der Waals surface area contributed by atoms with Gasteiger partial charge in [-0.1, -0.05) is 72.8 Å². The first kappa shape index (κ1) is 30.3. The Kier molecular flexibility index (Phi) is 9.17. The Labute approximate surface area is 265 Å². The fraction of sp³-hybridized carbons (Fsp3) is 0.167. The smallest absolute Gasteiger partial charge is 0.338 e. The summed E-state index contributed by atoms with van der Waals surface area (Å²) in [5.74, 6) is -1.67. The maximum absolute atomic E-state index is 13.4. The third-order valence-electron chi connectivity index (χ3n) is 7.20. The number of aromatic nitrogens is 2. The monoisotopic (exact) mass is 618 g/mol. The molecule has 0 spiro atoms. The number of nitrogens with zero attached hydrogens (tertiary/aromatic N) is 2. The number of hydrogen-bond acceptors (Lipinski definition) is 9. The molecule has 1 saturated heterocycles. The zero-order valence-electron chi connectivity index (χ0n) is 24.8. The Morgan fingerprint density at radius 3 is 1.70 bits per heavy atom. The maximum Gasteiger partial charge on any atom is 0.338 e. The Morgan fingerprint density at radius 2 is 1.15 bits per heavy atom. The number of carbonyl (C=O) groups is 3. The summed E-state index contributed by atoms with van der Waals surface area (Å²) < 4.78 is 31.7. The molecule has 1 unspecified atom stereocenters. The van der Waals surface area contributed by atoms with Crippen molar-refractivity contribution >= 4 is 17.9 Å². The molecule has 0 radical (unpaired) electrons. The minimum Gasteiger partial charge on any atom is -0.459 e. The van der Waals surface area contributed by atoms with E-state index in [1.54, 1.807) is 102 Å². The number of ether oxygens (including phenoxy) is 5. The van der Waals surface area contributed by atoms with Gasteiger partial charge in [0.05, 0.1) is 28.1 Å². The average molecular weight is 619 g/mol. The summed E-state index contributed by atoms with van der Waals surface area (Å²) in [6, 6.07) is 36.3. The Morgan fingerprint density at radius 1 is 0.674 bits per heavy atom. The molecule has 1 fully saturated rings. The molecular weight excluding hydrogens is 588 g/mol. The van der Waals surface area contributed by atoms with Crippen molar-refractivity contribution in [2.75, 3.05) is 6.61 Å². The number of carbonyl (C=O) groups excluding carboxylic acids is 3. The summed E-state index contributed by atoms with van der Waals surface area (Å²) in [6.07, 6.45) is -4.82. The molecule has 5 aromatic rings. The first-order valence-electron chi connectivity index (χ1n) is 14.6. The summed E-state index contributed by atoms with van der Waals surface area (Å²) >= 11 is 0. The van der Waals surface area contributed by atoms with Crippen LogP contribution in [0.5, 0.6) is 5.88 Å². The van der Waals surface area contributed by atoms with Gasteiger partial charge in [-0.05, 0) is 55.5 Å². The standard InChI is InChI=1S/C36H30N2O8/c1-24-22-30(38(37-24)28-20-12-5-13-21-28)44-36-32(46-35(41)27-18-10-4-11-19-27)31(45-34(40)26-16-8-3-9-17-26)29(43-36)23-42-33(39)25-14-6-2-7-15-25/h2-22,29,31-32,36H,23H2,1H3/t29-,31-,32-,36?/m1/s1. The second-order valence-electron chi connectivity index (χ2n) is 10.5. The Balaban J connectivity index is 1.33. The van der Waals surface area contributed by atoms with E-state index in [2.05, 4.69) is 5.10 Å². The SMILES string of the molecule is Cc1cc(OC2O[C@H](COC(=O)c3ccccc3)[C@@H](OC(=O)c3ccccc3)[C@H]2OC(=O)c2ccccc2)n(-c2ccccc2)n1. The van der Waals surface area contributed by atoms with Crippen LogP contribution in [-0.2, 0) is 18.9 Å². The molecule has 4 atom stereocenters. The van der Waals surface area contributed by atoms with Gasteiger partial charge < -0.3 is 23.7 Å². The molecule has 2 heterocycles. The molecule has 1 aromatic heterocycles. The molecule has 10 nitrogen and oxygen atoms in total. The van der Waals surface area contributed by atoms with E-state index in [1.807, 2.05) is 37.3 Å². The molecule has 0 saturated carbocycles. The van der Waals surface area contributed by atoms with E-state index in [9.17, 15) is 14.4 Å². The highest BCUT2D eigenvalue weighted by atomic mass is 16.7. The van der Waals surface area contributed by atoms with Gasteiger partial charge >= 0.3 is 17.9 Å². The van der Waals surface area contributed by atoms with Crippen molar-refractivity contribution < 1.29 is 38.1 Å². The van der Waals surface area contributed by atoms with Crippen LogP contribution in [-0.4, -0.2) is 58.9 Å². The van der Waals surface area contributed by atoms with Crippen LogP contribution in [0.2, 0.25) is 0 Å². The fourth-order valence-electron chi connectivity index (χ4n) is 4.97. The molecule has 232 valence electrons. The van der Waals surface area contributed by atoms with Gasteiger partial charge in [-0.2, -0.15) is 5.10 Å². The maximum atomic E-state index is 13.4. The van der Waals surface area contributed by atoms with Crippen molar-refractivity contribution in [1.82, 2.24) is 9.78 Å². The lowest BCUT2D eigenvalue weighted by molar-refractivity contribution is -0.122. The molecule has 4 aromatic carbocycles. The average Bonchev–Trinajstić information content (AvgIpc) is 3.63. The van der Waals surface area contributed by atoms with Crippen LogP contribution in [0.25, 0.3) is 5.69 Å². The molecule has 0 amide bonds. The van der Waals surface area contributed by atoms with Crippen molar-refractivity contribution in [3.05, 3.63) is 150 Å². The first-order chi connectivity index (χ1) is 22.5. The minimum absolute atomic E-state index is 0.276. The Bertz CT molecular complexity index is 1780. The van der Waals surface area contributed by atoms with E-state index in [0.717, 1.165) is 5.69 Å². The van der Waals surface area contributed by atoms with Crippen molar-refractivity contribution in [3.8, 4) is 11.6 Å². The van der Waals surface area contributed by atoms with Crippen LogP contribution in [0, 0.1) is 6.92 Å². The van der Waals surface area contributed by atoms with Gasteiger partial charge in [0.2, 0.25) is 18.3 Å². The van der Waals surface area contributed by atoms with Gasteiger partial charge in [0.15, 0.2) is 6.10 Å². The number of benzene rings is 4. The van der Waals surface area contributed by atoms with E-state index in [0.29, 0.717) is 17.1 Å². The molecule has 0 N–H and O–H groups in total. The van der Waals surface area contributed by atoms with Crippen LogP contribution in [0.15, 0.2) is 127 Å². The number of aryl methyl sites for hydroxylation is 1. The number of esters is 3. The quantitative estimate of drug-likeness (QED) is 0.146. The minimum atomic E-state index is -1.28. The van der Waals surface area contributed by atoms with E-state index < -0.39 is 42.5 Å². The van der Waals surface area contributed by atoms with Gasteiger partial charge in [-0.15, -0.1) is 0 Å². The summed E-state index contributed by atoms with van der Waals surface area (Å²) in [7, 11) is 0. The Hall–Kier alpha value is -5.74. The lowest BCUT2D eigenvalue weighted by atomic mass is 10.1. The van der Waals surface area contributed by atoms with Crippen LogP contribution in [0.4, 0.5) is 0 Å². The summed E-state index contributed by atoms with van der Waals surface area (Å²) in [5, 5.41) is 4.55. The predicted octanol–water partition coefficient (Wildman–Crippen LogP) is 5.59. The topological polar surface area (TPSA) is 115 Å². The van der Waals surface area contributed by atoms with Crippen molar-refractivity contribution in [2.24, 2.45) is 0 Å². The summed E-state index contributed by atoms with van der Waals surface area (Å²) in [5.41, 5.74) is 2.27. The fourth-order valence-corrected chi connectivity index (χ4v) is 4.97. The summed E-state index contributed by atoms with van der Waals surface area (Å²) in [4.78, 5) is 39.6. The number of para-hydroxylation sites is 1. The van der Waals surface area contributed by atoms with Crippen LogP contribution in [0.1, 0.15) is 36.8 Å². The molecule has 6 rings (SSSR count). The highest BCUT2D eigenvalue weighted by molar-refractivity contribution is 5.91. The third-order valence-corrected chi connectivity index (χ3v) is 7.20. The van der Waals surface area contributed by atoms with Crippen molar-refractivity contribution in [2.45, 2.75) is 31.5 Å². The first-order valence-corrected chi connectivity index (χ1v) is 14.6. The van der Waals surface area contributed by atoms with Gasteiger partial charge in [-0.25, -0.2) is 19.1 Å². The lowest BCUT2D eigenvalue weighted by Gasteiger charge is -2.24. The zero-order chi connectivity index (χ0) is 31.9. The van der Waals surface area contributed by atoms with Crippen LogP contribution in [0.3, 0.4) is 0 Å². The van der Waals surface area contributed by atoms with Crippen molar-refractivity contribution in [3.63, 3.8) is 0 Å². The van der Waals surface area contributed by atoms with E-state index in [-0.39, 0.29) is 17.7 Å². The van der Waals surface area contributed by atoms with Crippen molar-refractivity contribution in [1.29, 1.82) is 0 Å². The van der Waals surface area contributed by atoms with Gasteiger partial charge in [-0.3, -0.25) is 0 Å². The van der Waals surface area contributed by atoms with Crippen LogP contribution < -0.4 is 4.74 Å². The third kappa shape index (κ3) is 6.98. The van der Waals surface area contributed by atoms with Gasteiger partial charge in [0.25, 0.3) is 0 Å². The molecule has 0 bridgehead atoms. The number of rotatable bonds is 10. The van der Waals surface area contributed by atoms with Crippen LogP contribution >= 0.6 is 0 Å². The van der Waals surface area contributed by atoms with Gasteiger partial charge in [0.1, 0.15) is 12.7 Å². The normalized spacial score (nSPS) is 18.8.